The average molecular weight is 281 g/mol. The summed E-state index contributed by atoms with van der Waals surface area (Å²) in [5, 5.41) is 12.0. The fraction of sp³-hybridized carbons (Fsp3) is 0.571. The van der Waals surface area contributed by atoms with Crippen molar-refractivity contribution in [3.05, 3.63) is 23.4 Å². The van der Waals surface area contributed by atoms with Gasteiger partial charge in [0.05, 0.1) is 13.2 Å². The number of methoxy groups -OCH3 is 1. The predicted molar refractivity (Wildman–Crippen MR) is 78.0 cm³/mol. The van der Waals surface area contributed by atoms with Crippen molar-refractivity contribution in [2.24, 2.45) is 0 Å². The maximum absolute atomic E-state index is 12.5. The summed E-state index contributed by atoms with van der Waals surface area (Å²) in [5.74, 6) is 0.549. The van der Waals surface area contributed by atoms with Crippen LogP contribution in [0.5, 0.6) is 0 Å². The summed E-state index contributed by atoms with van der Waals surface area (Å²) in [6.45, 7) is 3.11. The highest BCUT2D eigenvalue weighted by Gasteiger charge is 2.16. The highest BCUT2D eigenvalue weighted by atomic mass is 16.5. The number of hydrogen-bond acceptors (Lipinski definition) is 5. The molecule has 0 saturated heterocycles. The van der Waals surface area contributed by atoms with E-state index in [1.165, 1.54) is 0 Å². The maximum atomic E-state index is 12.5. The molecule has 1 heterocycles. The molecule has 0 spiro atoms. The first-order chi connectivity index (χ1) is 9.65. The van der Waals surface area contributed by atoms with Gasteiger partial charge < -0.3 is 20.1 Å². The highest BCUT2D eigenvalue weighted by molar-refractivity contribution is 5.95. The van der Waals surface area contributed by atoms with E-state index >= 15 is 0 Å². The standard InChI is InChI=1S/C14H23N3O3/c1-4-12-9-11(10-13(15-2)16-12)14(19)17(5-7-18)6-8-20-3/h9-10,18H,4-8H2,1-3H3,(H,15,16). The summed E-state index contributed by atoms with van der Waals surface area (Å²) in [5.41, 5.74) is 1.43. The zero-order valence-corrected chi connectivity index (χ0v) is 12.3. The molecule has 0 saturated carbocycles. The molecule has 1 rings (SSSR count). The number of rotatable bonds is 8. The zero-order chi connectivity index (χ0) is 15.0. The number of carbonyl (C=O) groups is 1. The van der Waals surface area contributed by atoms with Crippen molar-refractivity contribution in [2.75, 3.05) is 45.8 Å². The first-order valence-electron chi connectivity index (χ1n) is 6.74. The first-order valence-corrected chi connectivity index (χ1v) is 6.74. The largest absolute Gasteiger partial charge is 0.395 e. The second-order valence-corrected chi connectivity index (χ2v) is 4.34. The van der Waals surface area contributed by atoms with E-state index in [2.05, 4.69) is 10.3 Å². The Bertz CT molecular complexity index is 415. The van der Waals surface area contributed by atoms with Crippen LogP contribution in [0, 0.1) is 0 Å². The maximum Gasteiger partial charge on any atom is 0.254 e. The van der Waals surface area contributed by atoms with Crippen LogP contribution >= 0.6 is 0 Å². The first kappa shape index (κ1) is 16.4. The van der Waals surface area contributed by atoms with E-state index < -0.39 is 0 Å². The predicted octanol–water partition coefficient (Wildman–Crippen LogP) is 0.767. The second-order valence-electron chi connectivity index (χ2n) is 4.34. The Kier molecular flexibility index (Phi) is 6.97. The summed E-state index contributed by atoms with van der Waals surface area (Å²) in [4.78, 5) is 18.4. The number of aliphatic hydroxyl groups excluding tert-OH is 1. The lowest BCUT2D eigenvalue weighted by atomic mass is 10.1. The molecule has 1 aromatic rings. The number of anilines is 1. The van der Waals surface area contributed by atoms with Crippen molar-refractivity contribution < 1.29 is 14.6 Å². The van der Waals surface area contributed by atoms with Gasteiger partial charge in [0.2, 0.25) is 0 Å². The monoisotopic (exact) mass is 281 g/mol. The van der Waals surface area contributed by atoms with Crippen LogP contribution in [-0.4, -0.2) is 61.4 Å². The van der Waals surface area contributed by atoms with Gasteiger partial charge in [0.25, 0.3) is 5.91 Å². The van der Waals surface area contributed by atoms with Crippen LogP contribution in [0.1, 0.15) is 23.0 Å². The van der Waals surface area contributed by atoms with Gasteiger partial charge in [0, 0.05) is 38.5 Å². The van der Waals surface area contributed by atoms with Crippen LogP contribution in [0.2, 0.25) is 0 Å². The quantitative estimate of drug-likeness (QED) is 0.736. The van der Waals surface area contributed by atoms with Gasteiger partial charge in [-0.2, -0.15) is 0 Å². The van der Waals surface area contributed by atoms with Crippen molar-refractivity contribution in [1.82, 2.24) is 9.88 Å². The van der Waals surface area contributed by atoms with E-state index in [9.17, 15) is 4.79 Å². The van der Waals surface area contributed by atoms with E-state index in [1.54, 1.807) is 31.2 Å². The summed E-state index contributed by atoms with van der Waals surface area (Å²) >= 11 is 0. The van der Waals surface area contributed by atoms with Crippen LogP contribution in [0.3, 0.4) is 0 Å². The number of pyridine rings is 1. The smallest absolute Gasteiger partial charge is 0.254 e. The number of aryl methyl sites for hydroxylation is 1. The van der Waals surface area contributed by atoms with Crippen LogP contribution in [0.4, 0.5) is 5.82 Å². The molecule has 6 nitrogen and oxygen atoms in total. The van der Waals surface area contributed by atoms with Crippen LogP contribution in [0.15, 0.2) is 12.1 Å². The summed E-state index contributed by atoms with van der Waals surface area (Å²) in [6.07, 6.45) is 0.758. The Morgan fingerprint density at radius 2 is 2.20 bits per heavy atom. The van der Waals surface area contributed by atoms with Crippen molar-refractivity contribution in [2.45, 2.75) is 13.3 Å². The molecule has 112 valence electrons. The van der Waals surface area contributed by atoms with Crippen LogP contribution < -0.4 is 5.32 Å². The average Bonchev–Trinajstić information content (AvgIpc) is 2.50. The number of carbonyl (C=O) groups excluding carboxylic acids is 1. The van der Waals surface area contributed by atoms with E-state index in [4.69, 9.17) is 9.84 Å². The van der Waals surface area contributed by atoms with Gasteiger partial charge in [-0.3, -0.25) is 4.79 Å². The fourth-order valence-corrected chi connectivity index (χ4v) is 1.84. The van der Waals surface area contributed by atoms with E-state index in [0.717, 1.165) is 12.1 Å². The van der Waals surface area contributed by atoms with E-state index in [1.807, 2.05) is 6.92 Å². The van der Waals surface area contributed by atoms with Crippen LogP contribution in [-0.2, 0) is 11.2 Å². The number of hydrogen-bond donors (Lipinski definition) is 2. The number of nitrogens with zero attached hydrogens (tertiary/aromatic N) is 2. The molecule has 0 fully saturated rings. The third-order valence-corrected chi connectivity index (χ3v) is 2.97. The molecule has 0 atom stereocenters. The molecule has 0 aliphatic carbocycles. The Morgan fingerprint density at radius 3 is 2.75 bits per heavy atom. The lowest BCUT2D eigenvalue weighted by Gasteiger charge is -2.22. The third kappa shape index (κ3) is 4.47. The molecule has 6 heteroatoms. The van der Waals surface area contributed by atoms with Gasteiger partial charge in [0.15, 0.2) is 0 Å². The Morgan fingerprint density at radius 1 is 1.45 bits per heavy atom. The Hall–Kier alpha value is -1.66. The van der Waals surface area contributed by atoms with Gasteiger partial charge in [0.1, 0.15) is 5.82 Å². The third-order valence-electron chi connectivity index (χ3n) is 2.97. The molecule has 20 heavy (non-hydrogen) atoms. The summed E-state index contributed by atoms with van der Waals surface area (Å²) in [6, 6.07) is 3.51. The number of aliphatic hydroxyl groups is 1. The molecule has 0 aliphatic heterocycles. The normalized spacial score (nSPS) is 10.4. The van der Waals surface area contributed by atoms with Gasteiger partial charge in [-0.1, -0.05) is 6.92 Å². The Labute approximate surface area is 119 Å². The minimum atomic E-state index is -0.121. The van der Waals surface area contributed by atoms with Crippen molar-refractivity contribution in [1.29, 1.82) is 0 Å². The van der Waals surface area contributed by atoms with Crippen molar-refractivity contribution >= 4 is 11.7 Å². The molecule has 0 radical (unpaired) electrons. The lowest BCUT2D eigenvalue weighted by Crippen LogP contribution is -2.36. The fourth-order valence-electron chi connectivity index (χ4n) is 1.84. The van der Waals surface area contributed by atoms with Crippen molar-refractivity contribution in [3.8, 4) is 0 Å². The number of amides is 1. The molecule has 0 unspecified atom stereocenters. The summed E-state index contributed by atoms with van der Waals surface area (Å²) < 4.78 is 4.99. The number of nitrogens with one attached hydrogen (secondary N) is 1. The molecule has 2 N–H and O–H groups in total. The minimum absolute atomic E-state index is 0.0694. The molecular weight excluding hydrogens is 258 g/mol. The van der Waals surface area contributed by atoms with Gasteiger partial charge >= 0.3 is 0 Å². The van der Waals surface area contributed by atoms with Crippen LogP contribution in [0.25, 0.3) is 0 Å². The number of ether oxygens (including phenoxy) is 1. The topological polar surface area (TPSA) is 74.7 Å². The molecule has 1 aromatic heterocycles. The Balaban J connectivity index is 2.97. The second kappa shape index (κ2) is 8.50. The van der Waals surface area contributed by atoms with Gasteiger partial charge in [-0.15, -0.1) is 0 Å². The minimum Gasteiger partial charge on any atom is -0.395 e. The van der Waals surface area contributed by atoms with E-state index in [-0.39, 0.29) is 12.5 Å². The van der Waals surface area contributed by atoms with Crippen molar-refractivity contribution in [3.63, 3.8) is 0 Å². The van der Waals surface area contributed by atoms with Gasteiger partial charge in [-0.25, -0.2) is 4.98 Å². The SMILES string of the molecule is CCc1cc(C(=O)N(CCO)CCOC)cc(NC)n1. The molecular formula is C14H23N3O3. The zero-order valence-electron chi connectivity index (χ0n) is 12.3. The van der Waals surface area contributed by atoms with Gasteiger partial charge in [-0.05, 0) is 18.6 Å². The molecule has 0 bridgehead atoms. The molecule has 0 aliphatic rings. The molecule has 0 aromatic carbocycles. The number of aromatic nitrogens is 1. The highest BCUT2D eigenvalue weighted by Crippen LogP contribution is 2.13. The summed E-state index contributed by atoms with van der Waals surface area (Å²) in [7, 11) is 3.36. The van der Waals surface area contributed by atoms with E-state index in [0.29, 0.717) is 31.1 Å². The lowest BCUT2D eigenvalue weighted by molar-refractivity contribution is 0.0656. The molecule has 1 amide bonds.